The summed E-state index contributed by atoms with van der Waals surface area (Å²) in [5, 5.41) is 12.3. The summed E-state index contributed by atoms with van der Waals surface area (Å²) in [5.41, 5.74) is 2.03. The molecule has 1 heterocycles. The summed E-state index contributed by atoms with van der Waals surface area (Å²) in [7, 11) is 2.02. The summed E-state index contributed by atoms with van der Waals surface area (Å²) >= 11 is 0. The first kappa shape index (κ1) is 15.0. The molecule has 0 spiro atoms. The Hall–Kier alpha value is -1.37. The van der Waals surface area contributed by atoms with E-state index in [1.54, 1.807) is 0 Å². The van der Waals surface area contributed by atoms with Crippen molar-refractivity contribution in [1.82, 2.24) is 10.2 Å². The van der Waals surface area contributed by atoms with E-state index >= 15 is 0 Å². The van der Waals surface area contributed by atoms with Crippen LogP contribution in [0.5, 0.6) is 0 Å². The molecule has 1 saturated heterocycles. The van der Waals surface area contributed by atoms with E-state index in [0.29, 0.717) is 12.1 Å². The van der Waals surface area contributed by atoms with Crippen LogP contribution in [0.15, 0.2) is 24.3 Å². The van der Waals surface area contributed by atoms with E-state index in [1.165, 1.54) is 37.8 Å². The molecule has 0 bridgehead atoms. The second kappa shape index (κ2) is 7.42. The molecule has 0 saturated carbocycles. The van der Waals surface area contributed by atoms with Crippen LogP contribution >= 0.6 is 0 Å². The zero-order valence-corrected chi connectivity index (χ0v) is 12.6. The molecule has 0 radical (unpaired) electrons. The van der Waals surface area contributed by atoms with Crippen LogP contribution in [0.4, 0.5) is 0 Å². The second-order valence-electron chi connectivity index (χ2n) is 5.69. The van der Waals surface area contributed by atoms with Crippen molar-refractivity contribution in [3.05, 3.63) is 35.4 Å². The van der Waals surface area contributed by atoms with Crippen LogP contribution in [0.25, 0.3) is 0 Å². The van der Waals surface area contributed by atoms with Crippen molar-refractivity contribution < 1.29 is 0 Å². The molecule has 0 amide bonds. The maximum atomic E-state index is 9.05. The van der Waals surface area contributed by atoms with Gasteiger partial charge in [-0.15, -0.1) is 0 Å². The molecule has 1 N–H and O–H groups in total. The fraction of sp³-hybridized carbons (Fsp3) is 0.588. The smallest absolute Gasteiger partial charge is 0.0991 e. The summed E-state index contributed by atoms with van der Waals surface area (Å²) in [6.45, 7) is 4.52. The Balaban J connectivity index is 2.12. The molecule has 1 aromatic rings. The quantitative estimate of drug-likeness (QED) is 0.894. The Kier molecular flexibility index (Phi) is 5.58. The van der Waals surface area contributed by atoms with Crippen molar-refractivity contribution in [1.29, 1.82) is 5.26 Å². The highest BCUT2D eigenvalue weighted by Crippen LogP contribution is 2.29. The minimum Gasteiger partial charge on any atom is -0.320 e. The van der Waals surface area contributed by atoms with Gasteiger partial charge < -0.3 is 5.32 Å². The maximum absolute atomic E-state index is 9.05. The van der Waals surface area contributed by atoms with Crippen LogP contribution in [0.1, 0.15) is 49.8 Å². The van der Waals surface area contributed by atoms with E-state index in [-0.39, 0.29) is 0 Å². The van der Waals surface area contributed by atoms with Crippen LogP contribution in [-0.4, -0.2) is 31.1 Å². The second-order valence-corrected chi connectivity index (χ2v) is 5.69. The van der Waals surface area contributed by atoms with Crippen molar-refractivity contribution in [2.75, 3.05) is 20.1 Å². The van der Waals surface area contributed by atoms with Gasteiger partial charge in [0, 0.05) is 12.1 Å². The minimum absolute atomic E-state index is 0.394. The third kappa shape index (κ3) is 3.59. The molecular weight excluding hydrogens is 246 g/mol. The summed E-state index contributed by atoms with van der Waals surface area (Å²) < 4.78 is 0. The van der Waals surface area contributed by atoms with Gasteiger partial charge in [0.2, 0.25) is 0 Å². The lowest BCUT2D eigenvalue weighted by Gasteiger charge is -2.40. The monoisotopic (exact) mass is 271 g/mol. The molecule has 1 aromatic carbocycles. The van der Waals surface area contributed by atoms with Gasteiger partial charge in [0.05, 0.1) is 11.6 Å². The zero-order valence-electron chi connectivity index (χ0n) is 12.6. The van der Waals surface area contributed by atoms with Gasteiger partial charge in [0.1, 0.15) is 0 Å². The summed E-state index contributed by atoms with van der Waals surface area (Å²) in [6, 6.07) is 11.4. The number of hydrogen-bond acceptors (Lipinski definition) is 3. The Bertz CT molecular complexity index is 464. The van der Waals surface area contributed by atoms with Crippen molar-refractivity contribution >= 4 is 0 Å². The predicted molar refractivity (Wildman–Crippen MR) is 82.5 cm³/mol. The van der Waals surface area contributed by atoms with Crippen molar-refractivity contribution in [2.24, 2.45) is 0 Å². The van der Waals surface area contributed by atoms with Gasteiger partial charge in [0.25, 0.3) is 0 Å². The normalized spacial score (nSPS) is 21.4. The fourth-order valence-electron chi connectivity index (χ4n) is 3.21. The number of likely N-dealkylation sites (tertiary alicyclic amines) is 1. The molecule has 1 aliphatic rings. The van der Waals surface area contributed by atoms with Crippen molar-refractivity contribution in [2.45, 2.75) is 44.7 Å². The summed E-state index contributed by atoms with van der Waals surface area (Å²) in [5.74, 6) is 0. The molecule has 2 unspecified atom stereocenters. The molecule has 1 aliphatic heterocycles. The van der Waals surface area contributed by atoms with Crippen LogP contribution < -0.4 is 5.32 Å². The molecule has 0 aromatic heterocycles. The van der Waals surface area contributed by atoms with Gasteiger partial charge >= 0.3 is 0 Å². The predicted octanol–water partition coefficient (Wildman–Crippen LogP) is 3.08. The molecule has 2 rings (SSSR count). The molecule has 0 aliphatic carbocycles. The summed E-state index contributed by atoms with van der Waals surface area (Å²) in [4.78, 5) is 2.62. The highest BCUT2D eigenvalue weighted by atomic mass is 15.2. The van der Waals surface area contributed by atoms with Gasteiger partial charge in [-0.2, -0.15) is 5.26 Å². The third-order valence-electron chi connectivity index (χ3n) is 4.40. The van der Waals surface area contributed by atoms with Crippen molar-refractivity contribution in [3.63, 3.8) is 0 Å². The first-order chi connectivity index (χ1) is 9.76. The number of nitriles is 1. The lowest BCUT2D eigenvalue weighted by molar-refractivity contribution is 0.0971. The standard InChI is InChI=1S/C17H25N3/c1-14(16-7-5-6-15(12-16)13-18)20-11-4-3-8-17(20)9-10-19-2/h5-7,12,14,17,19H,3-4,8-11H2,1-2H3. The number of rotatable bonds is 5. The zero-order chi connectivity index (χ0) is 14.4. The van der Waals surface area contributed by atoms with E-state index in [2.05, 4.69) is 29.3 Å². The van der Waals surface area contributed by atoms with Gasteiger partial charge in [-0.3, -0.25) is 4.90 Å². The van der Waals surface area contributed by atoms with E-state index < -0.39 is 0 Å². The van der Waals surface area contributed by atoms with E-state index in [4.69, 9.17) is 5.26 Å². The lowest BCUT2D eigenvalue weighted by atomic mass is 9.94. The largest absolute Gasteiger partial charge is 0.320 e. The van der Waals surface area contributed by atoms with E-state index in [1.807, 2.05) is 25.2 Å². The topological polar surface area (TPSA) is 39.1 Å². The Morgan fingerprint density at radius 3 is 3.05 bits per heavy atom. The maximum Gasteiger partial charge on any atom is 0.0991 e. The van der Waals surface area contributed by atoms with E-state index in [9.17, 15) is 0 Å². The van der Waals surface area contributed by atoms with Crippen LogP contribution in [-0.2, 0) is 0 Å². The molecule has 3 nitrogen and oxygen atoms in total. The average molecular weight is 271 g/mol. The first-order valence-electron chi connectivity index (χ1n) is 7.66. The fourth-order valence-corrected chi connectivity index (χ4v) is 3.21. The highest BCUT2D eigenvalue weighted by molar-refractivity contribution is 5.34. The summed E-state index contributed by atoms with van der Waals surface area (Å²) in [6.07, 6.45) is 5.14. The molecule has 2 atom stereocenters. The van der Waals surface area contributed by atoms with Gasteiger partial charge in [-0.05, 0) is 64.0 Å². The Morgan fingerprint density at radius 2 is 2.30 bits per heavy atom. The third-order valence-corrected chi connectivity index (χ3v) is 4.40. The number of benzene rings is 1. The first-order valence-corrected chi connectivity index (χ1v) is 7.66. The van der Waals surface area contributed by atoms with Crippen molar-refractivity contribution in [3.8, 4) is 6.07 Å². The Morgan fingerprint density at radius 1 is 1.45 bits per heavy atom. The number of piperidine rings is 1. The highest BCUT2D eigenvalue weighted by Gasteiger charge is 2.26. The molecule has 108 valence electrons. The van der Waals surface area contributed by atoms with Crippen LogP contribution in [0.3, 0.4) is 0 Å². The number of hydrogen-bond donors (Lipinski definition) is 1. The SMILES string of the molecule is CNCCC1CCCCN1C(C)c1cccc(C#N)c1. The van der Waals surface area contributed by atoms with Crippen LogP contribution in [0.2, 0.25) is 0 Å². The Labute approximate surface area is 122 Å². The van der Waals surface area contributed by atoms with Gasteiger partial charge in [-0.1, -0.05) is 18.6 Å². The molecular formula is C17H25N3. The number of nitrogens with zero attached hydrogens (tertiary/aromatic N) is 2. The van der Waals surface area contributed by atoms with Crippen LogP contribution in [0, 0.1) is 11.3 Å². The number of nitrogens with one attached hydrogen (secondary N) is 1. The van der Waals surface area contributed by atoms with Gasteiger partial charge in [-0.25, -0.2) is 0 Å². The average Bonchev–Trinajstić information content (AvgIpc) is 2.52. The van der Waals surface area contributed by atoms with E-state index in [0.717, 1.165) is 12.1 Å². The van der Waals surface area contributed by atoms with Gasteiger partial charge in [0.15, 0.2) is 0 Å². The molecule has 1 fully saturated rings. The molecule has 20 heavy (non-hydrogen) atoms. The minimum atomic E-state index is 0.394. The molecule has 3 heteroatoms. The lowest BCUT2D eigenvalue weighted by Crippen LogP contribution is -2.42.